The van der Waals surface area contributed by atoms with Gasteiger partial charge in [-0.3, -0.25) is 4.79 Å². The molecule has 9 rings (SSSR count). The fraction of sp³-hybridized carbons (Fsp3) is 0.686. The van der Waals surface area contributed by atoms with Crippen LogP contribution in [0, 0.1) is 46.3 Å². The summed E-state index contributed by atoms with van der Waals surface area (Å²) in [6.45, 7) is 16.8. The minimum absolute atomic E-state index is 0.0695. The van der Waals surface area contributed by atoms with Gasteiger partial charge in [-0.1, -0.05) is 71.7 Å². The van der Waals surface area contributed by atoms with Gasteiger partial charge in [-0.05, 0) is 172 Å². The van der Waals surface area contributed by atoms with Crippen molar-refractivity contribution in [1.82, 2.24) is 4.90 Å². The Labute approximate surface area is 349 Å². The summed E-state index contributed by atoms with van der Waals surface area (Å²) in [6.07, 6.45) is 12.6. The normalized spacial score (nSPS) is 34.6. The molecule has 0 heterocycles. The second-order valence-corrected chi connectivity index (χ2v) is 20.8. The third kappa shape index (κ3) is 8.42. The van der Waals surface area contributed by atoms with E-state index >= 15 is 0 Å². The number of allylic oxidation sites excluding steroid dienone is 2. The summed E-state index contributed by atoms with van der Waals surface area (Å²) in [5, 5.41) is 24.5. The summed E-state index contributed by atoms with van der Waals surface area (Å²) in [5.41, 5.74) is 2.72. The number of aliphatic hydroxyl groups is 2. The van der Waals surface area contributed by atoms with Crippen LogP contribution in [-0.4, -0.2) is 65.0 Å². The van der Waals surface area contributed by atoms with Crippen molar-refractivity contribution < 1.29 is 29.3 Å². The number of hydrogen-bond donors (Lipinski definition) is 2. The molecule has 2 aromatic rings. The minimum atomic E-state index is -1.21. The predicted octanol–water partition coefficient (Wildman–Crippen LogP) is 10.9. The molecule has 58 heavy (non-hydrogen) atoms. The van der Waals surface area contributed by atoms with Crippen LogP contribution in [0.4, 0.5) is 4.79 Å². The van der Waals surface area contributed by atoms with Crippen LogP contribution in [0.5, 0.6) is 5.75 Å². The zero-order valence-corrected chi connectivity index (χ0v) is 36.9. The molecule has 5 fully saturated rings. The van der Waals surface area contributed by atoms with Gasteiger partial charge in [-0.2, -0.15) is 0 Å². The van der Waals surface area contributed by atoms with Gasteiger partial charge < -0.3 is 24.6 Å². The average molecular weight is 796 g/mol. The fourth-order valence-corrected chi connectivity index (χ4v) is 12.5. The van der Waals surface area contributed by atoms with Gasteiger partial charge in [0.1, 0.15) is 11.9 Å². The molecule has 0 unspecified atom stereocenters. The number of ketones is 1. The Morgan fingerprint density at radius 1 is 0.948 bits per heavy atom. The maximum absolute atomic E-state index is 14.8. The predicted molar refractivity (Wildman–Crippen MR) is 231 cm³/mol. The van der Waals surface area contributed by atoms with Gasteiger partial charge in [0.05, 0.1) is 25.4 Å². The van der Waals surface area contributed by atoms with Crippen molar-refractivity contribution in [3.05, 3.63) is 76.4 Å². The SMILES string of the molecule is COc1ccc(C(=O)c2cc3ccc2[C@@H]2CC[C@@](O)(CN(C[C@@H]4CC[C@H]5C[C@@H]4C5(C)C)C(=O)O[C@H]4C[C@@H](C)CC[C@@H]4C(C)C)[C@@]2(C)CCC=C(C)CC[C@H](O)C3)cc1. The second-order valence-electron chi connectivity index (χ2n) is 20.8. The lowest BCUT2D eigenvalue weighted by atomic mass is 9.45. The number of methoxy groups -OCH3 is 1. The van der Waals surface area contributed by atoms with Gasteiger partial charge >= 0.3 is 6.09 Å². The van der Waals surface area contributed by atoms with Crippen molar-refractivity contribution >= 4 is 11.9 Å². The molecular formula is C51H73NO6. The number of hydrogen-bond acceptors (Lipinski definition) is 6. The van der Waals surface area contributed by atoms with Crippen LogP contribution in [0.3, 0.4) is 0 Å². The van der Waals surface area contributed by atoms with E-state index in [4.69, 9.17) is 9.47 Å². The average Bonchev–Trinajstić information content (AvgIpc) is 3.44. The Hall–Kier alpha value is -3.16. The van der Waals surface area contributed by atoms with Crippen LogP contribution in [0.15, 0.2) is 54.1 Å². The van der Waals surface area contributed by atoms with E-state index in [-0.39, 0.29) is 35.9 Å². The van der Waals surface area contributed by atoms with E-state index in [1.165, 1.54) is 24.8 Å². The maximum atomic E-state index is 14.8. The van der Waals surface area contributed by atoms with Crippen molar-refractivity contribution in [2.45, 2.75) is 156 Å². The fourth-order valence-electron chi connectivity index (χ4n) is 12.5. The number of carbonyl (C=O) groups excluding carboxylic acids is 2. The molecule has 2 N–H and O–H groups in total. The van der Waals surface area contributed by atoms with Crippen LogP contribution in [0.25, 0.3) is 0 Å². The second kappa shape index (κ2) is 17.1. The van der Waals surface area contributed by atoms with Crippen LogP contribution in [0.1, 0.15) is 158 Å². The molecule has 7 heteroatoms. The van der Waals surface area contributed by atoms with Gasteiger partial charge in [0, 0.05) is 23.1 Å². The van der Waals surface area contributed by atoms with Crippen molar-refractivity contribution in [2.24, 2.45) is 46.3 Å². The lowest BCUT2D eigenvalue weighted by molar-refractivity contribution is -0.122. The smallest absolute Gasteiger partial charge is 0.410 e. The first-order valence-electron chi connectivity index (χ1n) is 22.9. The third-order valence-corrected chi connectivity index (χ3v) is 16.6. The quantitative estimate of drug-likeness (QED) is 0.194. The van der Waals surface area contributed by atoms with Gasteiger partial charge in [0.25, 0.3) is 0 Å². The molecule has 10 atom stereocenters. The summed E-state index contributed by atoms with van der Waals surface area (Å²) in [6, 6.07) is 13.4. The molecule has 7 nitrogen and oxygen atoms in total. The number of fused-ring (bicyclic) bond motifs is 10. The largest absolute Gasteiger partial charge is 0.497 e. The molecule has 0 aromatic heterocycles. The molecule has 1 amide bonds. The van der Waals surface area contributed by atoms with Crippen LogP contribution < -0.4 is 4.74 Å². The molecule has 0 aliphatic heterocycles. The first-order chi connectivity index (χ1) is 27.5. The van der Waals surface area contributed by atoms with E-state index in [1.807, 2.05) is 35.2 Å². The molecule has 318 valence electrons. The van der Waals surface area contributed by atoms with Gasteiger partial charge in [0.15, 0.2) is 5.78 Å². The van der Waals surface area contributed by atoms with Gasteiger partial charge in [0.2, 0.25) is 0 Å². The number of benzene rings is 2. The standard InChI is InChI=1S/C51H73NO6/c1-32(2)41-21-12-34(4)26-46(41)58-48(55)52(30-37-14-17-38-29-45(37)49(38,5)6)31-51(56)25-23-44-42-22-13-35(27-39(53)18-11-33(3)10-9-24-50(44,51)7)28-43(42)47(54)36-15-19-40(57-8)20-16-36/h10,13,15-16,19-20,22,28,32,34,37-39,41,44-46,53,56H,9,11-12,14,17-18,21,23-27,29-31H2,1-8H3/t34-,37-,38-,39-,41+,44-,45-,46-,50-,51+/m0/s1. The number of nitrogens with zero attached hydrogens (tertiary/aromatic N) is 1. The van der Waals surface area contributed by atoms with E-state index in [0.29, 0.717) is 85.1 Å². The molecule has 7 aliphatic carbocycles. The topological polar surface area (TPSA) is 96.3 Å². The van der Waals surface area contributed by atoms with Crippen molar-refractivity contribution in [3.8, 4) is 5.75 Å². The minimum Gasteiger partial charge on any atom is -0.497 e. The first-order valence-corrected chi connectivity index (χ1v) is 22.9. The zero-order valence-electron chi connectivity index (χ0n) is 36.9. The van der Waals surface area contributed by atoms with Crippen molar-refractivity contribution in [1.29, 1.82) is 0 Å². The van der Waals surface area contributed by atoms with Crippen LogP contribution in [-0.2, 0) is 11.2 Å². The van der Waals surface area contributed by atoms with E-state index in [2.05, 4.69) is 66.7 Å². The first kappa shape index (κ1) is 42.9. The van der Waals surface area contributed by atoms with Crippen molar-refractivity contribution in [2.75, 3.05) is 20.2 Å². The molecule has 4 bridgehead atoms. The molecule has 0 spiro atoms. The Bertz CT molecular complexity index is 1810. The highest BCUT2D eigenvalue weighted by molar-refractivity contribution is 6.10. The summed E-state index contributed by atoms with van der Waals surface area (Å²) in [7, 11) is 1.62. The summed E-state index contributed by atoms with van der Waals surface area (Å²) < 4.78 is 12.1. The van der Waals surface area contributed by atoms with E-state index < -0.39 is 17.1 Å². The molecular weight excluding hydrogens is 723 g/mol. The number of amides is 1. The van der Waals surface area contributed by atoms with E-state index in [9.17, 15) is 19.8 Å². The summed E-state index contributed by atoms with van der Waals surface area (Å²) in [4.78, 5) is 31.4. The van der Waals surface area contributed by atoms with E-state index in [1.54, 1.807) is 7.11 Å². The van der Waals surface area contributed by atoms with Crippen molar-refractivity contribution in [3.63, 3.8) is 0 Å². The Morgan fingerprint density at radius 3 is 2.40 bits per heavy atom. The van der Waals surface area contributed by atoms with Crippen LogP contribution in [0.2, 0.25) is 0 Å². The molecule has 5 saturated carbocycles. The number of aliphatic hydroxyl groups excluding tert-OH is 1. The number of carbonyl (C=O) groups is 2. The molecule has 7 aliphatic rings. The highest BCUT2D eigenvalue weighted by Crippen LogP contribution is 2.62. The number of rotatable bonds is 9. The molecule has 0 radical (unpaired) electrons. The third-order valence-electron chi connectivity index (χ3n) is 16.6. The Kier molecular flexibility index (Phi) is 12.6. The highest BCUT2D eigenvalue weighted by Gasteiger charge is 2.59. The van der Waals surface area contributed by atoms with Gasteiger partial charge in [-0.25, -0.2) is 4.79 Å². The van der Waals surface area contributed by atoms with Gasteiger partial charge in [-0.15, -0.1) is 0 Å². The maximum Gasteiger partial charge on any atom is 0.410 e. The lowest BCUT2D eigenvalue weighted by Crippen LogP contribution is -2.58. The number of ether oxygens (including phenoxy) is 2. The Balaban J connectivity index is 1.26. The highest BCUT2D eigenvalue weighted by atomic mass is 16.6. The zero-order chi connectivity index (χ0) is 41.6. The summed E-state index contributed by atoms with van der Waals surface area (Å²) >= 11 is 0. The Morgan fingerprint density at radius 2 is 1.71 bits per heavy atom. The molecule has 0 saturated heterocycles. The molecule has 2 aromatic carbocycles. The van der Waals surface area contributed by atoms with E-state index in [0.717, 1.165) is 49.1 Å². The van der Waals surface area contributed by atoms with Crippen LogP contribution >= 0.6 is 0 Å². The lowest BCUT2D eigenvalue weighted by Gasteiger charge is -2.60. The summed E-state index contributed by atoms with van der Waals surface area (Å²) in [5.74, 6) is 3.45. The monoisotopic (exact) mass is 796 g/mol.